The van der Waals surface area contributed by atoms with Crippen LogP contribution in [-0.2, 0) is 0 Å². The van der Waals surface area contributed by atoms with Gasteiger partial charge in [0, 0.05) is 23.4 Å². The maximum absolute atomic E-state index is 14.4. The number of fused-ring (bicyclic) bond motifs is 1. The van der Waals surface area contributed by atoms with E-state index in [0.717, 1.165) is 17.0 Å². The third kappa shape index (κ3) is 2.98. The molecule has 0 fully saturated rings. The summed E-state index contributed by atoms with van der Waals surface area (Å²) < 4.78 is 27.7. The van der Waals surface area contributed by atoms with Gasteiger partial charge in [-0.3, -0.25) is 9.59 Å². The molecule has 9 heteroatoms. The summed E-state index contributed by atoms with van der Waals surface area (Å²) in [4.78, 5) is 31.2. The van der Waals surface area contributed by atoms with Gasteiger partial charge in [-0.1, -0.05) is 6.07 Å². The molecule has 0 unspecified atom stereocenters. The number of carbonyl (C=O) groups excluding carboxylic acids is 2. The van der Waals surface area contributed by atoms with Crippen molar-refractivity contribution in [2.24, 2.45) is 0 Å². The molecule has 0 radical (unpaired) electrons. The van der Waals surface area contributed by atoms with Crippen molar-refractivity contribution >= 4 is 17.6 Å². The molecule has 1 aliphatic rings. The lowest BCUT2D eigenvalue weighted by molar-refractivity contribution is 0.0925. The summed E-state index contributed by atoms with van der Waals surface area (Å²) in [6, 6.07) is 9.48. The molecular formula is C22H13F2N5O2. The number of rotatable bonds is 3. The van der Waals surface area contributed by atoms with Crippen LogP contribution in [-0.4, -0.2) is 32.2 Å². The second kappa shape index (κ2) is 6.91. The maximum atomic E-state index is 14.4. The fourth-order valence-corrected chi connectivity index (χ4v) is 3.58. The van der Waals surface area contributed by atoms with Crippen LogP contribution in [0.15, 0.2) is 54.9 Å². The minimum Gasteiger partial charge on any atom is -0.268 e. The molecule has 5 rings (SSSR count). The van der Waals surface area contributed by atoms with Crippen LogP contribution >= 0.6 is 0 Å². The Balaban J connectivity index is 1.57. The van der Waals surface area contributed by atoms with E-state index < -0.39 is 23.4 Å². The lowest BCUT2D eigenvalue weighted by Gasteiger charge is -2.15. The topological polar surface area (TPSA) is 91.8 Å². The van der Waals surface area contributed by atoms with Crippen molar-refractivity contribution in [2.75, 3.05) is 4.90 Å². The van der Waals surface area contributed by atoms with E-state index in [1.807, 2.05) is 0 Å². The van der Waals surface area contributed by atoms with E-state index in [4.69, 9.17) is 0 Å². The normalized spacial score (nSPS) is 13.1. The number of aryl methyl sites for hydroxylation is 1. The second-order valence-electron chi connectivity index (χ2n) is 7.04. The van der Waals surface area contributed by atoms with E-state index in [-0.39, 0.29) is 22.5 Å². The molecule has 152 valence electrons. The summed E-state index contributed by atoms with van der Waals surface area (Å²) in [5.74, 6) is -2.48. The molecule has 0 aliphatic carbocycles. The molecule has 0 spiro atoms. The van der Waals surface area contributed by atoms with E-state index in [9.17, 15) is 18.4 Å². The Morgan fingerprint density at radius 1 is 0.871 bits per heavy atom. The van der Waals surface area contributed by atoms with Gasteiger partial charge in [0.15, 0.2) is 0 Å². The van der Waals surface area contributed by atoms with Gasteiger partial charge in [-0.25, -0.2) is 18.7 Å². The summed E-state index contributed by atoms with van der Waals surface area (Å²) in [6.45, 7) is 1.71. The van der Waals surface area contributed by atoms with Gasteiger partial charge in [0.05, 0.1) is 17.3 Å². The first-order chi connectivity index (χ1) is 14.9. The van der Waals surface area contributed by atoms with Crippen LogP contribution < -0.4 is 4.90 Å². The number of amides is 2. The quantitative estimate of drug-likeness (QED) is 0.510. The van der Waals surface area contributed by atoms with Crippen molar-refractivity contribution in [1.82, 2.24) is 20.4 Å². The van der Waals surface area contributed by atoms with Gasteiger partial charge < -0.3 is 0 Å². The van der Waals surface area contributed by atoms with Crippen molar-refractivity contribution in [1.29, 1.82) is 0 Å². The lowest BCUT2D eigenvalue weighted by atomic mass is 10.0. The average molecular weight is 417 g/mol. The van der Waals surface area contributed by atoms with Gasteiger partial charge in [-0.2, -0.15) is 15.4 Å². The largest absolute Gasteiger partial charge is 0.268 e. The van der Waals surface area contributed by atoms with E-state index >= 15 is 0 Å². The van der Waals surface area contributed by atoms with E-state index in [2.05, 4.69) is 20.4 Å². The van der Waals surface area contributed by atoms with Crippen LogP contribution in [0.3, 0.4) is 0 Å². The average Bonchev–Trinajstić information content (AvgIpc) is 3.37. The van der Waals surface area contributed by atoms with E-state index in [0.29, 0.717) is 22.4 Å². The second-order valence-corrected chi connectivity index (χ2v) is 7.04. The number of H-pyrrole nitrogens is 1. The predicted octanol–water partition coefficient (Wildman–Crippen LogP) is 3.92. The molecule has 4 aromatic rings. The Morgan fingerprint density at radius 2 is 1.65 bits per heavy atom. The fraction of sp³-hybridized carbons (Fsp3) is 0.0455. The summed E-state index contributed by atoms with van der Waals surface area (Å²) in [5, 5.41) is 10.2. The number of benzene rings is 2. The molecule has 0 saturated carbocycles. The van der Waals surface area contributed by atoms with Gasteiger partial charge in [0.2, 0.25) is 0 Å². The van der Waals surface area contributed by atoms with Crippen LogP contribution in [0.4, 0.5) is 14.6 Å². The Labute approximate surface area is 174 Å². The molecule has 31 heavy (non-hydrogen) atoms. The van der Waals surface area contributed by atoms with Crippen molar-refractivity contribution in [2.45, 2.75) is 6.92 Å². The highest BCUT2D eigenvalue weighted by atomic mass is 19.1. The Kier molecular flexibility index (Phi) is 4.18. The number of aromatic amines is 1. The predicted molar refractivity (Wildman–Crippen MR) is 107 cm³/mol. The van der Waals surface area contributed by atoms with Gasteiger partial charge in [0.25, 0.3) is 11.8 Å². The van der Waals surface area contributed by atoms with E-state index in [1.165, 1.54) is 24.5 Å². The highest BCUT2D eigenvalue weighted by Gasteiger charge is 2.38. The molecule has 0 saturated heterocycles. The Morgan fingerprint density at radius 3 is 2.39 bits per heavy atom. The Hall–Kier alpha value is -4.27. The standard InChI is InChI=1S/C22H13F2N5O2/c1-11-9-25-20(8-16(11)14-5-3-13(23)7-18(14)24)29-21(30)15-4-2-12(6-17(15)22(29)31)19-10-26-28-27-19/h2-10H,1H3,(H,26,27,28). The molecule has 0 atom stereocenters. The smallest absolute Gasteiger partial charge is 0.267 e. The number of imide groups is 1. The zero-order valence-corrected chi connectivity index (χ0v) is 16.1. The number of hydrogen-bond acceptors (Lipinski definition) is 5. The van der Waals surface area contributed by atoms with Crippen molar-refractivity contribution in [3.8, 4) is 22.4 Å². The summed E-state index contributed by atoms with van der Waals surface area (Å²) >= 11 is 0. The number of hydrogen-bond donors (Lipinski definition) is 1. The third-order valence-corrected chi connectivity index (χ3v) is 5.14. The van der Waals surface area contributed by atoms with E-state index in [1.54, 1.807) is 25.1 Å². The minimum absolute atomic E-state index is 0.0542. The van der Waals surface area contributed by atoms with Crippen molar-refractivity contribution in [3.63, 3.8) is 0 Å². The number of nitrogens with one attached hydrogen (secondary N) is 1. The molecule has 0 bridgehead atoms. The van der Waals surface area contributed by atoms with Crippen LogP contribution in [0, 0.1) is 18.6 Å². The first-order valence-electron chi connectivity index (χ1n) is 9.25. The fourth-order valence-electron chi connectivity index (χ4n) is 3.58. The first kappa shape index (κ1) is 18.7. The molecule has 2 amide bonds. The maximum Gasteiger partial charge on any atom is 0.267 e. The van der Waals surface area contributed by atoms with Crippen molar-refractivity contribution < 1.29 is 18.4 Å². The number of pyridine rings is 1. The van der Waals surface area contributed by atoms with Crippen LogP contribution in [0.5, 0.6) is 0 Å². The Bertz CT molecular complexity index is 1370. The molecule has 2 aromatic heterocycles. The first-order valence-corrected chi connectivity index (χ1v) is 9.25. The molecule has 3 heterocycles. The summed E-state index contributed by atoms with van der Waals surface area (Å²) in [5.41, 5.74) is 2.76. The summed E-state index contributed by atoms with van der Waals surface area (Å²) in [7, 11) is 0. The molecule has 1 aliphatic heterocycles. The number of nitrogens with zero attached hydrogens (tertiary/aromatic N) is 4. The SMILES string of the molecule is Cc1cnc(N2C(=O)c3ccc(-c4cn[nH]n4)cc3C2=O)cc1-c1ccc(F)cc1F. The van der Waals surface area contributed by atoms with Gasteiger partial charge in [-0.15, -0.1) is 0 Å². The van der Waals surface area contributed by atoms with Crippen LogP contribution in [0.1, 0.15) is 26.3 Å². The molecular weight excluding hydrogens is 404 g/mol. The molecule has 7 nitrogen and oxygen atoms in total. The highest BCUT2D eigenvalue weighted by molar-refractivity contribution is 6.34. The molecule has 1 N–H and O–H groups in total. The van der Waals surface area contributed by atoms with Crippen molar-refractivity contribution in [3.05, 3.63) is 83.2 Å². The lowest BCUT2D eigenvalue weighted by Crippen LogP contribution is -2.30. The minimum atomic E-state index is -0.750. The number of halogens is 2. The van der Waals surface area contributed by atoms with Crippen LogP contribution in [0.25, 0.3) is 22.4 Å². The zero-order valence-electron chi connectivity index (χ0n) is 16.1. The zero-order chi connectivity index (χ0) is 21.7. The summed E-state index contributed by atoms with van der Waals surface area (Å²) in [6.07, 6.45) is 2.95. The monoisotopic (exact) mass is 417 g/mol. The molecule has 2 aromatic carbocycles. The van der Waals surface area contributed by atoms with Gasteiger partial charge in [-0.05, 0) is 48.4 Å². The van der Waals surface area contributed by atoms with Crippen LogP contribution in [0.2, 0.25) is 0 Å². The number of aromatic nitrogens is 4. The van der Waals surface area contributed by atoms with Gasteiger partial charge >= 0.3 is 0 Å². The van der Waals surface area contributed by atoms with Gasteiger partial charge in [0.1, 0.15) is 23.1 Å². The third-order valence-electron chi connectivity index (χ3n) is 5.14. The highest BCUT2D eigenvalue weighted by Crippen LogP contribution is 2.34. The number of carbonyl (C=O) groups is 2. The number of anilines is 1.